The van der Waals surface area contributed by atoms with Crippen molar-refractivity contribution in [2.24, 2.45) is 4.99 Å². The maximum absolute atomic E-state index is 13.4. The molecule has 0 amide bonds. The van der Waals surface area contributed by atoms with Gasteiger partial charge >= 0.3 is 0 Å². The van der Waals surface area contributed by atoms with Gasteiger partial charge in [0.15, 0.2) is 5.96 Å². The van der Waals surface area contributed by atoms with Crippen LogP contribution in [0.1, 0.15) is 31.2 Å². The Morgan fingerprint density at radius 3 is 2.87 bits per heavy atom. The van der Waals surface area contributed by atoms with E-state index >= 15 is 0 Å². The van der Waals surface area contributed by atoms with Gasteiger partial charge in [-0.2, -0.15) is 0 Å². The van der Waals surface area contributed by atoms with Crippen LogP contribution in [-0.2, 0) is 6.42 Å². The third-order valence-corrected chi connectivity index (χ3v) is 4.34. The predicted octanol–water partition coefficient (Wildman–Crippen LogP) is 3.58. The molecule has 2 aromatic rings. The second-order valence-electron chi connectivity index (χ2n) is 5.88. The third-order valence-electron chi connectivity index (χ3n) is 4.34. The summed E-state index contributed by atoms with van der Waals surface area (Å²) >= 11 is 0. The molecule has 1 aromatic carbocycles. The van der Waals surface area contributed by atoms with E-state index in [1.807, 2.05) is 6.20 Å². The van der Waals surface area contributed by atoms with Gasteiger partial charge in [-0.3, -0.25) is 4.99 Å². The number of hydrogen-bond donors (Lipinski definition) is 3. The van der Waals surface area contributed by atoms with Gasteiger partial charge < -0.3 is 15.6 Å². The van der Waals surface area contributed by atoms with Crippen LogP contribution in [0.25, 0.3) is 10.9 Å². The zero-order chi connectivity index (χ0) is 15.4. The molecule has 0 spiro atoms. The Hall–Kier alpha value is -1.31. The number of rotatable bonds is 4. The van der Waals surface area contributed by atoms with Crippen LogP contribution in [0.2, 0.25) is 0 Å². The highest BCUT2D eigenvalue weighted by atomic mass is 127. The van der Waals surface area contributed by atoms with Crippen molar-refractivity contribution in [1.82, 2.24) is 15.6 Å². The number of guanidine groups is 1. The minimum Gasteiger partial charge on any atom is -0.361 e. The van der Waals surface area contributed by atoms with E-state index in [1.165, 1.54) is 31.7 Å². The number of nitrogens with one attached hydrogen (secondary N) is 3. The molecule has 0 bridgehead atoms. The molecular weight excluding hydrogens is 406 g/mol. The molecule has 1 saturated carbocycles. The number of hydrogen-bond acceptors (Lipinski definition) is 1. The summed E-state index contributed by atoms with van der Waals surface area (Å²) in [7, 11) is 1.80. The monoisotopic (exact) mass is 430 g/mol. The molecule has 1 aliphatic rings. The quantitative estimate of drug-likeness (QED) is 0.395. The van der Waals surface area contributed by atoms with Crippen molar-refractivity contribution >= 4 is 40.8 Å². The highest BCUT2D eigenvalue weighted by Gasteiger charge is 2.15. The summed E-state index contributed by atoms with van der Waals surface area (Å²) in [6.07, 6.45) is 7.84. The van der Waals surface area contributed by atoms with E-state index in [2.05, 4.69) is 20.6 Å². The topological polar surface area (TPSA) is 52.2 Å². The van der Waals surface area contributed by atoms with Crippen molar-refractivity contribution in [2.75, 3.05) is 13.6 Å². The van der Waals surface area contributed by atoms with Crippen LogP contribution in [0.3, 0.4) is 0 Å². The van der Waals surface area contributed by atoms with Gasteiger partial charge in [-0.1, -0.05) is 12.8 Å². The number of H-pyrrole nitrogens is 1. The summed E-state index contributed by atoms with van der Waals surface area (Å²) in [6, 6.07) is 5.40. The van der Waals surface area contributed by atoms with Crippen molar-refractivity contribution in [3.8, 4) is 0 Å². The zero-order valence-electron chi connectivity index (χ0n) is 13.4. The molecular formula is C17H24FIN4. The minimum atomic E-state index is -0.194. The van der Waals surface area contributed by atoms with E-state index in [0.717, 1.165) is 35.4 Å². The van der Waals surface area contributed by atoms with Gasteiger partial charge in [-0.05, 0) is 43.0 Å². The fourth-order valence-corrected chi connectivity index (χ4v) is 3.13. The van der Waals surface area contributed by atoms with Crippen molar-refractivity contribution in [1.29, 1.82) is 0 Å². The SMILES string of the molecule is CN=C(NCCc1c[nH]c2ccc(F)cc12)NC1CCCC1.I. The van der Waals surface area contributed by atoms with E-state index in [0.29, 0.717) is 6.04 Å². The molecule has 6 heteroatoms. The average Bonchev–Trinajstić information content (AvgIpc) is 3.16. The Morgan fingerprint density at radius 1 is 1.35 bits per heavy atom. The molecule has 1 fully saturated rings. The Kier molecular flexibility index (Phi) is 6.68. The third kappa shape index (κ3) is 4.59. The lowest BCUT2D eigenvalue weighted by atomic mass is 10.1. The molecule has 126 valence electrons. The van der Waals surface area contributed by atoms with Crippen LogP contribution >= 0.6 is 24.0 Å². The summed E-state index contributed by atoms with van der Waals surface area (Å²) in [5.41, 5.74) is 2.10. The maximum atomic E-state index is 13.4. The van der Waals surface area contributed by atoms with Crippen LogP contribution in [0.4, 0.5) is 4.39 Å². The Labute approximate surface area is 153 Å². The standard InChI is InChI=1S/C17H23FN4.HI/c1-19-17(22-14-4-2-3-5-14)20-9-8-12-11-21-16-7-6-13(18)10-15(12)16;/h6-7,10-11,14,21H,2-5,8-9H2,1H3,(H2,19,20,22);1H. The Balaban J connectivity index is 0.00000192. The molecule has 4 nitrogen and oxygen atoms in total. The van der Waals surface area contributed by atoms with E-state index < -0.39 is 0 Å². The van der Waals surface area contributed by atoms with Gasteiger partial charge in [0.2, 0.25) is 0 Å². The molecule has 0 unspecified atom stereocenters. The van der Waals surface area contributed by atoms with E-state index in [1.54, 1.807) is 19.2 Å². The van der Waals surface area contributed by atoms with Gasteiger partial charge in [0.1, 0.15) is 5.82 Å². The summed E-state index contributed by atoms with van der Waals surface area (Å²) in [4.78, 5) is 7.46. The highest BCUT2D eigenvalue weighted by Crippen LogP contribution is 2.20. The molecule has 0 radical (unpaired) electrons. The van der Waals surface area contributed by atoms with Crippen molar-refractivity contribution in [3.63, 3.8) is 0 Å². The summed E-state index contributed by atoms with van der Waals surface area (Å²) in [5, 5.41) is 7.77. The van der Waals surface area contributed by atoms with Gasteiger partial charge in [0.05, 0.1) is 0 Å². The second kappa shape index (κ2) is 8.52. The van der Waals surface area contributed by atoms with Crippen LogP contribution in [0.5, 0.6) is 0 Å². The zero-order valence-corrected chi connectivity index (χ0v) is 15.7. The first-order chi connectivity index (χ1) is 10.8. The minimum absolute atomic E-state index is 0. The van der Waals surface area contributed by atoms with Gasteiger partial charge in [-0.15, -0.1) is 24.0 Å². The second-order valence-corrected chi connectivity index (χ2v) is 5.88. The summed E-state index contributed by atoms with van der Waals surface area (Å²) in [5.74, 6) is 0.665. The van der Waals surface area contributed by atoms with Crippen LogP contribution in [0, 0.1) is 5.82 Å². The predicted molar refractivity (Wildman–Crippen MR) is 104 cm³/mol. The first-order valence-electron chi connectivity index (χ1n) is 7.99. The van der Waals surface area contributed by atoms with Crippen molar-refractivity contribution < 1.29 is 4.39 Å². The van der Waals surface area contributed by atoms with Gasteiger partial charge in [0.25, 0.3) is 0 Å². The highest BCUT2D eigenvalue weighted by molar-refractivity contribution is 14.0. The van der Waals surface area contributed by atoms with Crippen molar-refractivity contribution in [3.05, 3.63) is 35.8 Å². The molecule has 23 heavy (non-hydrogen) atoms. The van der Waals surface area contributed by atoms with E-state index in [9.17, 15) is 4.39 Å². The molecule has 3 rings (SSSR count). The van der Waals surface area contributed by atoms with E-state index in [4.69, 9.17) is 0 Å². The van der Waals surface area contributed by atoms with Crippen LogP contribution in [-0.4, -0.2) is 30.6 Å². The van der Waals surface area contributed by atoms with Gasteiger partial charge in [-0.25, -0.2) is 4.39 Å². The molecule has 0 atom stereocenters. The molecule has 1 aliphatic carbocycles. The number of aromatic nitrogens is 1. The summed E-state index contributed by atoms with van der Waals surface area (Å²) in [6.45, 7) is 0.774. The lowest BCUT2D eigenvalue weighted by Crippen LogP contribution is -2.42. The number of aromatic amines is 1. The summed E-state index contributed by atoms with van der Waals surface area (Å²) < 4.78 is 13.4. The van der Waals surface area contributed by atoms with E-state index in [-0.39, 0.29) is 29.8 Å². The first-order valence-corrected chi connectivity index (χ1v) is 7.99. The number of benzene rings is 1. The number of nitrogens with zero attached hydrogens (tertiary/aromatic N) is 1. The molecule has 3 N–H and O–H groups in total. The number of aliphatic imine (C=N–C) groups is 1. The van der Waals surface area contributed by atoms with Crippen molar-refractivity contribution in [2.45, 2.75) is 38.1 Å². The van der Waals surface area contributed by atoms with Crippen LogP contribution in [0.15, 0.2) is 29.4 Å². The molecule has 0 aliphatic heterocycles. The normalized spacial score (nSPS) is 15.7. The first kappa shape index (κ1) is 18.0. The van der Waals surface area contributed by atoms with Crippen LogP contribution < -0.4 is 10.6 Å². The fraction of sp³-hybridized carbons (Fsp3) is 0.471. The number of halogens is 2. The molecule has 1 aromatic heterocycles. The lowest BCUT2D eigenvalue weighted by Gasteiger charge is -2.16. The lowest BCUT2D eigenvalue weighted by molar-refractivity contribution is 0.613. The maximum Gasteiger partial charge on any atom is 0.191 e. The average molecular weight is 430 g/mol. The Bertz CT molecular complexity index is 662. The molecule has 1 heterocycles. The van der Waals surface area contributed by atoms with Gasteiger partial charge in [0, 0.05) is 36.7 Å². The smallest absolute Gasteiger partial charge is 0.191 e. The largest absolute Gasteiger partial charge is 0.361 e. The molecule has 0 saturated heterocycles. The fourth-order valence-electron chi connectivity index (χ4n) is 3.13. The number of fused-ring (bicyclic) bond motifs is 1. The Morgan fingerprint density at radius 2 is 2.13 bits per heavy atom.